The van der Waals surface area contributed by atoms with Gasteiger partial charge in [-0.2, -0.15) is 0 Å². The summed E-state index contributed by atoms with van der Waals surface area (Å²) in [6.45, 7) is -1.57. The van der Waals surface area contributed by atoms with Gasteiger partial charge in [0.1, 0.15) is 0 Å². The van der Waals surface area contributed by atoms with Crippen LogP contribution in [0.15, 0.2) is 27.1 Å². The molecule has 0 fully saturated rings. The van der Waals surface area contributed by atoms with E-state index in [0.29, 0.717) is 14.5 Å². The number of halogens is 4. The molecule has 1 aromatic carbocycles. The maximum atomic E-state index is 12.8. The Morgan fingerprint density at radius 3 is 2.29 bits per heavy atom. The van der Waals surface area contributed by atoms with E-state index in [2.05, 4.69) is 37.2 Å². The zero-order valence-electron chi connectivity index (χ0n) is 8.64. The summed E-state index contributed by atoms with van der Waals surface area (Å²) in [5.74, 6) is -3.65. The third kappa shape index (κ3) is 4.69. The highest BCUT2D eigenvalue weighted by atomic mass is 79.9. The van der Waals surface area contributed by atoms with E-state index in [4.69, 9.17) is 5.73 Å². The fourth-order valence-corrected chi connectivity index (χ4v) is 2.36. The Kier molecular flexibility index (Phi) is 5.03. The van der Waals surface area contributed by atoms with Crippen molar-refractivity contribution >= 4 is 37.8 Å². The number of benzene rings is 1. The predicted molar refractivity (Wildman–Crippen MR) is 68.2 cm³/mol. The van der Waals surface area contributed by atoms with Gasteiger partial charge in [0.2, 0.25) is 0 Å². The van der Waals surface area contributed by atoms with Crippen LogP contribution in [0.4, 0.5) is 8.78 Å². The van der Waals surface area contributed by atoms with Gasteiger partial charge in [0.05, 0.1) is 13.1 Å². The second kappa shape index (κ2) is 5.88. The minimum Gasteiger partial charge on any atom is -0.346 e. The van der Waals surface area contributed by atoms with E-state index in [1.54, 1.807) is 18.2 Å². The van der Waals surface area contributed by atoms with E-state index >= 15 is 0 Å². The summed E-state index contributed by atoms with van der Waals surface area (Å²) in [6.07, 6.45) is 0. The second-order valence-electron chi connectivity index (χ2n) is 3.40. The Hall–Kier alpha value is -0.530. The lowest BCUT2D eigenvalue weighted by molar-refractivity contribution is 0.0118. The number of hydrogen-bond donors (Lipinski definition) is 2. The summed E-state index contributed by atoms with van der Waals surface area (Å²) >= 11 is 6.41. The third-order valence-electron chi connectivity index (χ3n) is 1.93. The summed E-state index contributed by atoms with van der Waals surface area (Å²) in [4.78, 5) is 11.6. The molecule has 0 heterocycles. The molecule has 0 aliphatic rings. The van der Waals surface area contributed by atoms with Gasteiger partial charge in [-0.05, 0) is 18.2 Å². The molecule has 1 rings (SSSR count). The fraction of sp³-hybridized carbons (Fsp3) is 0.300. The molecule has 94 valence electrons. The number of alkyl halides is 2. The van der Waals surface area contributed by atoms with Crippen molar-refractivity contribution in [1.82, 2.24) is 5.32 Å². The van der Waals surface area contributed by atoms with Gasteiger partial charge >= 0.3 is 0 Å². The maximum Gasteiger partial charge on any atom is 0.277 e. The molecule has 3 nitrogen and oxygen atoms in total. The van der Waals surface area contributed by atoms with Crippen molar-refractivity contribution in [2.45, 2.75) is 5.92 Å². The smallest absolute Gasteiger partial charge is 0.277 e. The molecule has 0 radical (unpaired) electrons. The van der Waals surface area contributed by atoms with Gasteiger partial charge in [-0.25, -0.2) is 8.78 Å². The Bertz CT molecular complexity index is 407. The average molecular weight is 372 g/mol. The normalized spacial score (nSPS) is 11.4. The van der Waals surface area contributed by atoms with Gasteiger partial charge in [-0.15, -0.1) is 0 Å². The highest BCUT2D eigenvalue weighted by Gasteiger charge is 2.27. The van der Waals surface area contributed by atoms with Crippen LogP contribution in [0.5, 0.6) is 0 Å². The molecule has 17 heavy (non-hydrogen) atoms. The molecule has 0 saturated heterocycles. The number of nitrogens with two attached hydrogens (primary N) is 1. The highest BCUT2D eigenvalue weighted by molar-refractivity contribution is 9.11. The molecule has 1 amide bonds. The van der Waals surface area contributed by atoms with Gasteiger partial charge < -0.3 is 11.1 Å². The molecule has 0 aliphatic carbocycles. The summed E-state index contributed by atoms with van der Waals surface area (Å²) in [7, 11) is 0. The van der Waals surface area contributed by atoms with Crippen molar-refractivity contribution in [3.05, 3.63) is 32.7 Å². The van der Waals surface area contributed by atoms with Crippen LogP contribution in [0, 0.1) is 0 Å². The van der Waals surface area contributed by atoms with Crippen LogP contribution in [0.3, 0.4) is 0 Å². The van der Waals surface area contributed by atoms with Gasteiger partial charge in [0.15, 0.2) is 0 Å². The Morgan fingerprint density at radius 1 is 1.29 bits per heavy atom. The first kappa shape index (κ1) is 14.5. The van der Waals surface area contributed by atoms with Crippen LogP contribution in [0.2, 0.25) is 0 Å². The third-order valence-corrected chi connectivity index (χ3v) is 2.85. The van der Waals surface area contributed by atoms with Crippen LogP contribution in [-0.4, -0.2) is 24.9 Å². The molecular formula is C10H10Br2F2N2O. The molecule has 0 unspecified atom stereocenters. The predicted octanol–water partition coefficient (Wildman–Crippen LogP) is 2.54. The number of hydrogen-bond acceptors (Lipinski definition) is 2. The Balaban J connectivity index is 2.70. The largest absolute Gasteiger partial charge is 0.346 e. The molecule has 0 bridgehead atoms. The van der Waals surface area contributed by atoms with Gasteiger partial charge in [-0.1, -0.05) is 31.9 Å². The number of amides is 1. The lowest BCUT2D eigenvalue weighted by Gasteiger charge is -2.14. The molecule has 7 heteroatoms. The molecule has 0 saturated carbocycles. The van der Waals surface area contributed by atoms with E-state index in [0.717, 1.165) is 0 Å². The van der Waals surface area contributed by atoms with Gasteiger partial charge in [-0.3, -0.25) is 4.79 Å². The van der Waals surface area contributed by atoms with Crippen molar-refractivity contribution in [3.63, 3.8) is 0 Å². The quantitative estimate of drug-likeness (QED) is 0.854. The minimum atomic E-state index is -3.08. The van der Waals surface area contributed by atoms with Crippen LogP contribution in [0.25, 0.3) is 0 Å². The first-order valence-corrected chi connectivity index (χ1v) is 6.25. The Morgan fingerprint density at radius 2 is 1.82 bits per heavy atom. The van der Waals surface area contributed by atoms with Crippen molar-refractivity contribution in [1.29, 1.82) is 0 Å². The lowest BCUT2D eigenvalue weighted by atomic mass is 10.2. The number of nitrogens with one attached hydrogen (secondary N) is 1. The van der Waals surface area contributed by atoms with Crippen molar-refractivity contribution in [2.75, 3.05) is 13.1 Å². The fourth-order valence-electron chi connectivity index (χ4n) is 1.07. The molecule has 0 aliphatic heterocycles. The first-order valence-electron chi connectivity index (χ1n) is 4.66. The lowest BCUT2D eigenvalue weighted by Crippen LogP contribution is -2.41. The maximum absolute atomic E-state index is 12.8. The minimum absolute atomic E-state index is 0.291. The zero-order chi connectivity index (χ0) is 13.1. The van der Waals surface area contributed by atoms with Crippen molar-refractivity contribution in [3.8, 4) is 0 Å². The van der Waals surface area contributed by atoms with E-state index < -0.39 is 24.9 Å². The number of carbonyl (C=O) groups excluding carboxylic acids is 1. The summed E-state index contributed by atoms with van der Waals surface area (Å²) in [6, 6.07) is 4.83. The number of rotatable bonds is 4. The van der Waals surface area contributed by atoms with Crippen molar-refractivity contribution < 1.29 is 13.6 Å². The van der Waals surface area contributed by atoms with Crippen LogP contribution >= 0.6 is 31.9 Å². The summed E-state index contributed by atoms with van der Waals surface area (Å²) < 4.78 is 27.0. The highest BCUT2D eigenvalue weighted by Crippen LogP contribution is 2.20. The molecule has 0 atom stereocenters. The monoisotopic (exact) mass is 370 g/mol. The first-order chi connectivity index (χ1) is 7.84. The van der Waals surface area contributed by atoms with E-state index in [-0.39, 0.29) is 0 Å². The van der Waals surface area contributed by atoms with Crippen LogP contribution in [-0.2, 0) is 0 Å². The van der Waals surface area contributed by atoms with Crippen molar-refractivity contribution in [2.24, 2.45) is 5.73 Å². The summed E-state index contributed by atoms with van der Waals surface area (Å²) in [5, 5.41) is 2.13. The second-order valence-corrected chi connectivity index (χ2v) is 5.23. The molecular weight excluding hydrogens is 362 g/mol. The van der Waals surface area contributed by atoms with Crippen LogP contribution in [0.1, 0.15) is 10.4 Å². The number of carbonyl (C=O) groups is 1. The average Bonchev–Trinajstić information content (AvgIpc) is 2.24. The molecule has 1 aromatic rings. The molecule has 0 aromatic heterocycles. The molecule has 0 spiro atoms. The van der Waals surface area contributed by atoms with Crippen LogP contribution < -0.4 is 11.1 Å². The topological polar surface area (TPSA) is 55.1 Å². The van der Waals surface area contributed by atoms with E-state index in [9.17, 15) is 13.6 Å². The van der Waals surface area contributed by atoms with Gasteiger partial charge in [0, 0.05) is 14.5 Å². The van der Waals surface area contributed by atoms with Gasteiger partial charge in [0.25, 0.3) is 11.8 Å². The Labute approximate surface area is 114 Å². The standard InChI is InChI=1S/C10H10Br2F2N2O/c11-7-1-6(2-8(12)3-7)9(17)16-5-10(13,14)4-15/h1-3H,4-5,15H2,(H,16,17). The van der Waals surface area contributed by atoms with E-state index in [1.165, 1.54) is 0 Å². The zero-order valence-corrected chi connectivity index (χ0v) is 11.8. The molecule has 3 N–H and O–H groups in total. The SMILES string of the molecule is NCC(F)(F)CNC(=O)c1cc(Br)cc(Br)c1. The summed E-state index contributed by atoms with van der Waals surface area (Å²) in [5.41, 5.74) is 5.15. The van der Waals surface area contributed by atoms with E-state index in [1.807, 2.05) is 0 Å².